The third-order valence-corrected chi connectivity index (χ3v) is 7.89. The van der Waals surface area contributed by atoms with Crippen molar-refractivity contribution in [1.82, 2.24) is 10.2 Å². The van der Waals surface area contributed by atoms with Gasteiger partial charge in [-0.05, 0) is 48.4 Å². The van der Waals surface area contributed by atoms with Crippen molar-refractivity contribution in [2.45, 2.75) is 37.6 Å². The van der Waals surface area contributed by atoms with E-state index in [-0.39, 0.29) is 36.5 Å². The monoisotopic (exact) mass is 573 g/mol. The van der Waals surface area contributed by atoms with Gasteiger partial charge in [0.2, 0.25) is 11.8 Å². The van der Waals surface area contributed by atoms with Gasteiger partial charge in [0.1, 0.15) is 23.4 Å². The van der Waals surface area contributed by atoms with Gasteiger partial charge in [-0.3, -0.25) is 19.4 Å². The minimum absolute atomic E-state index is 0.159. The van der Waals surface area contributed by atoms with Gasteiger partial charge in [-0.15, -0.1) is 0 Å². The molecular weight excluding hydrogens is 545 g/mol. The first-order chi connectivity index (χ1) is 19.9. The molecule has 0 aliphatic carbocycles. The van der Waals surface area contributed by atoms with E-state index in [4.69, 9.17) is 9.73 Å². The van der Waals surface area contributed by atoms with E-state index in [2.05, 4.69) is 15.6 Å². The summed E-state index contributed by atoms with van der Waals surface area (Å²) >= 11 is 1.18. The molecule has 11 heteroatoms. The zero-order valence-electron chi connectivity index (χ0n) is 22.5. The second kappa shape index (κ2) is 12.3. The van der Waals surface area contributed by atoms with Gasteiger partial charge < -0.3 is 15.4 Å². The Balaban J connectivity index is 1.32. The van der Waals surface area contributed by atoms with E-state index in [9.17, 15) is 18.8 Å². The number of nitrogens with one attached hydrogen (secondary N) is 2. The highest BCUT2D eigenvalue weighted by atomic mass is 32.2. The molecule has 5 rings (SSSR count). The average molecular weight is 574 g/mol. The van der Waals surface area contributed by atoms with Gasteiger partial charge in [-0.1, -0.05) is 49.0 Å². The lowest BCUT2D eigenvalue weighted by molar-refractivity contribution is -0.128. The first-order valence-electron chi connectivity index (χ1n) is 13.1. The van der Waals surface area contributed by atoms with Crippen LogP contribution in [0, 0.1) is 5.82 Å². The molecule has 0 radical (unpaired) electrons. The van der Waals surface area contributed by atoms with Crippen LogP contribution in [-0.4, -0.2) is 52.0 Å². The number of halogens is 1. The highest BCUT2D eigenvalue weighted by Gasteiger charge is 2.43. The Morgan fingerprint density at radius 2 is 1.88 bits per heavy atom. The lowest BCUT2D eigenvalue weighted by Gasteiger charge is -2.27. The van der Waals surface area contributed by atoms with Crippen LogP contribution in [0.4, 0.5) is 15.8 Å². The molecule has 0 spiro atoms. The highest BCUT2D eigenvalue weighted by Crippen LogP contribution is 2.36. The fourth-order valence-corrected chi connectivity index (χ4v) is 5.46. The van der Waals surface area contributed by atoms with Gasteiger partial charge in [-0.25, -0.2) is 14.3 Å². The molecule has 3 amide bonds. The number of para-hydroxylation sites is 1. The van der Waals surface area contributed by atoms with Crippen LogP contribution in [0.25, 0.3) is 0 Å². The van der Waals surface area contributed by atoms with Crippen molar-refractivity contribution < 1.29 is 23.5 Å². The van der Waals surface area contributed by atoms with Crippen molar-refractivity contribution in [3.8, 4) is 5.75 Å². The highest BCUT2D eigenvalue weighted by molar-refractivity contribution is 8.15. The summed E-state index contributed by atoms with van der Waals surface area (Å²) in [4.78, 5) is 50.3. The predicted octanol–water partition coefficient (Wildman–Crippen LogP) is 4.65. The molecule has 0 fully saturated rings. The number of fused-ring (bicyclic) bond motifs is 3. The number of ether oxygens (including phenoxy) is 1. The van der Waals surface area contributed by atoms with Gasteiger partial charge in [0.25, 0.3) is 5.91 Å². The van der Waals surface area contributed by atoms with E-state index in [0.29, 0.717) is 40.1 Å². The zero-order valence-corrected chi connectivity index (χ0v) is 23.3. The van der Waals surface area contributed by atoms with Crippen LogP contribution < -0.4 is 15.4 Å². The summed E-state index contributed by atoms with van der Waals surface area (Å²) in [5.41, 5.74) is 2.63. The molecule has 2 heterocycles. The molecule has 9 nitrogen and oxygen atoms in total. The number of hydrogen-bond acceptors (Lipinski definition) is 7. The maximum Gasteiger partial charge on any atom is 0.259 e. The summed E-state index contributed by atoms with van der Waals surface area (Å²) in [5.74, 6) is -0.325. The topological polar surface area (TPSA) is 112 Å². The smallest absolute Gasteiger partial charge is 0.259 e. The van der Waals surface area contributed by atoms with Gasteiger partial charge in [0.05, 0.1) is 24.5 Å². The third kappa shape index (κ3) is 6.30. The van der Waals surface area contributed by atoms with E-state index in [1.165, 1.54) is 28.8 Å². The number of carbonyl (C=O) groups excluding carboxylic acids is 3. The average Bonchev–Trinajstić information content (AvgIpc) is 3.31. The second-order valence-electron chi connectivity index (χ2n) is 9.40. The second-order valence-corrected chi connectivity index (χ2v) is 10.6. The number of carbonyl (C=O) groups is 3. The molecule has 3 aromatic carbocycles. The number of anilines is 1. The molecule has 3 aromatic rings. The predicted molar refractivity (Wildman–Crippen MR) is 157 cm³/mol. The zero-order chi connectivity index (χ0) is 28.9. The van der Waals surface area contributed by atoms with Crippen molar-refractivity contribution in [3.05, 3.63) is 89.7 Å². The number of rotatable bonds is 9. The Hall–Kier alpha value is -4.51. The molecule has 2 atom stereocenters. The maximum absolute atomic E-state index is 13.6. The first-order valence-corrected chi connectivity index (χ1v) is 14.0. The number of aliphatic imine (C=N–C) groups is 2. The Morgan fingerprint density at radius 3 is 2.63 bits per heavy atom. The van der Waals surface area contributed by atoms with Gasteiger partial charge >= 0.3 is 0 Å². The Kier molecular flexibility index (Phi) is 8.44. The van der Waals surface area contributed by atoms with E-state index in [1.54, 1.807) is 43.5 Å². The van der Waals surface area contributed by atoms with E-state index in [0.717, 1.165) is 5.56 Å². The van der Waals surface area contributed by atoms with Crippen molar-refractivity contribution in [2.75, 3.05) is 12.4 Å². The molecule has 0 saturated heterocycles. The Morgan fingerprint density at radius 1 is 1.10 bits per heavy atom. The fraction of sp³-hybridized carbons (Fsp3) is 0.233. The van der Waals surface area contributed by atoms with Crippen LogP contribution in [0.5, 0.6) is 5.75 Å². The van der Waals surface area contributed by atoms with Gasteiger partial charge in [0.15, 0.2) is 5.17 Å². The number of benzene rings is 3. The quantitative estimate of drug-likeness (QED) is 0.387. The minimum atomic E-state index is -0.944. The maximum atomic E-state index is 13.6. The number of thioether (sulfide) groups is 1. The van der Waals surface area contributed by atoms with E-state index < -0.39 is 11.3 Å². The molecule has 0 bridgehead atoms. The van der Waals surface area contributed by atoms with E-state index in [1.807, 2.05) is 31.2 Å². The Bertz CT molecular complexity index is 1540. The fourth-order valence-electron chi connectivity index (χ4n) is 4.44. The summed E-state index contributed by atoms with van der Waals surface area (Å²) in [5, 5.41) is 5.45. The van der Waals surface area contributed by atoms with Crippen LogP contribution in [0.2, 0.25) is 0 Å². The van der Waals surface area contributed by atoms with Crippen molar-refractivity contribution in [2.24, 2.45) is 9.98 Å². The number of methoxy groups -OCH3 is 1. The SMILES string of the molecule is CCC(SC1=Nc2ccccc2C2=NC(CC(=O)NCc3ccc(F)cc3)C(=O)N12)C(=O)Nc1cccc(OC)c1. The Labute approximate surface area is 240 Å². The summed E-state index contributed by atoms with van der Waals surface area (Å²) < 4.78 is 18.4. The van der Waals surface area contributed by atoms with Gasteiger partial charge in [-0.2, -0.15) is 0 Å². The molecule has 2 aliphatic rings. The third-order valence-electron chi connectivity index (χ3n) is 6.58. The van der Waals surface area contributed by atoms with Crippen LogP contribution >= 0.6 is 11.8 Å². The number of amidine groups is 2. The van der Waals surface area contributed by atoms with Crippen LogP contribution in [0.1, 0.15) is 30.9 Å². The summed E-state index contributed by atoms with van der Waals surface area (Å²) in [6.07, 6.45) is 0.318. The van der Waals surface area contributed by atoms with Crippen molar-refractivity contribution >= 4 is 51.9 Å². The summed E-state index contributed by atoms with van der Waals surface area (Å²) in [6.45, 7) is 2.08. The number of amides is 3. The molecule has 0 aromatic heterocycles. The van der Waals surface area contributed by atoms with Crippen LogP contribution in [-0.2, 0) is 20.9 Å². The normalized spacial score (nSPS) is 16.2. The largest absolute Gasteiger partial charge is 0.497 e. The number of nitrogens with zero attached hydrogens (tertiary/aromatic N) is 3. The summed E-state index contributed by atoms with van der Waals surface area (Å²) in [6, 6.07) is 19.2. The molecule has 210 valence electrons. The number of hydrogen-bond donors (Lipinski definition) is 2. The molecule has 2 aliphatic heterocycles. The van der Waals surface area contributed by atoms with Crippen LogP contribution in [0.15, 0.2) is 82.8 Å². The van der Waals surface area contributed by atoms with Crippen molar-refractivity contribution in [3.63, 3.8) is 0 Å². The lowest BCUT2D eigenvalue weighted by atomic mass is 10.1. The molecular formula is C30H28FN5O4S. The van der Waals surface area contributed by atoms with Crippen molar-refractivity contribution in [1.29, 1.82) is 0 Å². The first kappa shape index (κ1) is 28.0. The van der Waals surface area contributed by atoms with Crippen LogP contribution in [0.3, 0.4) is 0 Å². The standard InChI is InChI=1S/C30H28FN5O4S/c1-3-25(28(38)33-20-7-6-8-21(15-20)40-2)41-30-35-23-10-5-4-9-22(23)27-34-24(29(39)36(27)30)16-26(37)32-17-18-11-13-19(31)14-12-18/h4-15,24-25H,3,16-17H2,1-2H3,(H,32,37)(H,33,38). The molecule has 0 saturated carbocycles. The molecule has 41 heavy (non-hydrogen) atoms. The molecule has 2 unspecified atom stereocenters. The minimum Gasteiger partial charge on any atom is -0.497 e. The summed E-state index contributed by atoms with van der Waals surface area (Å²) in [7, 11) is 1.55. The molecule has 2 N–H and O–H groups in total. The van der Waals surface area contributed by atoms with Gasteiger partial charge in [0, 0.05) is 23.9 Å². The lowest BCUT2D eigenvalue weighted by Crippen LogP contribution is -2.43. The van der Waals surface area contributed by atoms with E-state index >= 15 is 0 Å².